The van der Waals surface area contributed by atoms with Gasteiger partial charge in [0.25, 0.3) is 0 Å². The third-order valence-electron chi connectivity index (χ3n) is 2.09. The highest BCUT2D eigenvalue weighted by atomic mass is 16.4. The smallest absolute Gasteiger partial charge is 0.404 e. The van der Waals surface area contributed by atoms with Crippen molar-refractivity contribution in [2.45, 2.75) is 6.42 Å². The molecule has 0 fully saturated rings. The summed E-state index contributed by atoms with van der Waals surface area (Å²) in [5.41, 5.74) is 1.45. The number of nitrogens with zero attached hydrogens (tertiary/aromatic N) is 2. The van der Waals surface area contributed by atoms with Crippen molar-refractivity contribution < 1.29 is 9.90 Å². The molecular formula is C11H14N4O2. The highest BCUT2D eigenvalue weighted by molar-refractivity contribution is 5.64. The first-order valence-electron chi connectivity index (χ1n) is 5.25. The lowest BCUT2D eigenvalue weighted by atomic mass is 10.2. The Hall–Kier alpha value is -2.13. The zero-order valence-electron chi connectivity index (χ0n) is 9.31. The van der Waals surface area contributed by atoms with Gasteiger partial charge in [-0.3, -0.25) is 4.98 Å². The third kappa shape index (κ3) is 5.49. The molecule has 0 aromatic carbocycles. The van der Waals surface area contributed by atoms with Crippen LogP contribution in [-0.2, 0) is 6.42 Å². The SMILES string of the molecule is N#Cc1ccc(CCNCCNC(=O)O)nc1. The predicted octanol–water partition coefficient (Wildman–Crippen LogP) is 0.353. The maximum absolute atomic E-state index is 10.1. The van der Waals surface area contributed by atoms with Crippen LogP contribution in [0.25, 0.3) is 0 Å². The van der Waals surface area contributed by atoms with Crippen LogP contribution >= 0.6 is 0 Å². The number of nitrogens with one attached hydrogen (secondary N) is 2. The number of rotatable bonds is 6. The molecule has 1 amide bonds. The molecule has 0 saturated heterocycles. The fourth-order valence-corrected chi connectivity index (χ4v) is 1.24. The van der Waals surface area contributed by atoms with Gasteiger partial charge in [0.15, 0.2) is 0 Å². The van der Waals surface area contributed by atoms with Gasteiger partial charge in [-0.05, 0) is 12.1 Å². The number of nitriles is 1. The molecule has 0 aliphatic heterocycles. The van der Waals surface area contributed by atoms with Gasteiger partial charge in [0.1, 0.15) is 6.07 Å². The van der Waals surface area contributed by atoms with Crippen molar-refractivity contribution in [2.24, 2.45) is 0 Å². The van der Waals surface area contributed by atoms with E-state index in [2.05, 4.69) is 15.6 Å². The number of carboxylic acid groups (broad SMARTS) is 1. The molecule has 17 heavy (non-hydrogen) atoms. The maximum Gasteiger partial charge on any atom is 0.404 e. The van der Waals surface area contributed by atoms with Crippen LogP contribution in [0.5, 0.6) is 0 Å². The second kappa shape index (κ2) is 7.19. The lowest BCUT2D eigenvalue weighted by Gasteiger charge is -2.04. The van der Waals surface area contributed by atoms with Crippen LogP contribution in [0.15, 0.2) is 18.3 Å². The number of hydrogen-bond acceptors (Lipinski definition) is 4. The highest BCUT2D eigenvalue weighted by Crippen LogP contribution is 1.98. The van der Waals surface area contributed by atoms with Crippen molar-refractivity contribution in [3.8, 4) is 6.07 Å². The molecule has 0 atom stereocenters. The molecule has 0 spiro atoms. The lowest BCUT2D eigenvalue weighted by Crippen LogP contribution is -2.31. The van der Waals surface area contributed by atoms with Crippen molar-refractivity contribution in [1.82, 2.24) is 15.6 Å². The van der Waals surface area contributed by atoms with Gasteiger partial charge < -0.3 is 15.7 Å². The van der Waals surface area contributed by atoms with Crippen LogP contribution in [0.3, 0.4) is 0 Å². The Morgan fingerprint density at radius 2 is 2.24 bits per heavy atom. The third-order valence-corrected chi connectivity index (χ3v) is 2.09. The summed E-state index contributed by atoms with van der Waals surface area (Å²) in [6.45, 7) is 1.69. The van der Waals surface area contributed by atoms with E-state index in [0.29, 0.717) is 18.7 Å². The van der Waals surface area contributed by atoms with Crippen LogP contribution in [0.4, 0.5) is 4.79 Å². The van der Waals surface area contributed by atoms with E-state index in [1.807, 2.05) is 12.1 Å². The maximum atomic E-state index is 10.1. The van der Waals surface area contributed by atoms with E-state index < -0.39 is 6.09 Å². The molecule has 3 N–H and O–H groups in total. The number of aromatic nitrogens is 1. The monoisotopic (exact) mass is 234 g/mol. The van der Waals surface area contributed by atoms with Gasteiger partial charge in [-0.25, -0.2) is 4.79 Å². The van der Waals surface area contributed by atoms with Crippen molar-refractivity contribution >= 4 is 6.09 Å². The van der Waals surface area contributed by atoms with E-state index in [0.717, 1.165) is 18.7 Å². The first-order valence-corrected chi connectivity index (χ1v) is 5.25. The average molecular weight is 234 g/mol. The Bertz CT molecular complexity index is 397. The van der Waals surface area contributed by atoms with E-state index in [-0.39, 0.29) is 0 Å². The van der Waals surface area contributed by atoms with E-state index in [9.17, 15) is 4.79 Å². The minimum atomic E-state index is -1.01. The van der Waals surface area contributed by atoms with Crippen LogP contribution in [-0.4, -0.2) is 35.8 Å². The largest absolute Gasteiger partial charge is 0.465 e. The van der Waals surface area contributed by atoms with E-state index in [1.165, 1.54) is 0 Å². The summed E-state index contributed by atoms with van der Waals surface area (Å²) < 4.78 is 0. The molecule has 0 bridgehead atoms. The molecule has 6 nitrogen and oxygen atoms in total. The van der Waals surface area contributed by atoms with Crippen LogP contribution in [0.1, 0.15) is 11.3 Å². The Labute approximate surface area is 99.3 Å². The number of pyridine rings is 1. The average Bonchev–Trinajstić information content (AvgIpc) is 2.34. The summed E-state index contributed by atoms with van der Waals surface area (Å²) in [4.78, 5) is 14.3. The summed E-state index contributed by atoms with van der Waals surface area (Å²) in [5.74, 6) is 0. The predicted molar refractivity (Wildman–Crippen MR) is 61.6 cm³/mol. The number of hydrogen-bond donors (Lipinski definition) is 3. The second-order valence-corrected chi connectivity index (χ2v) is 3.38. The molecule has 0 unspecified atom stereocenters. The Kier molecular flexibility index (Phi) is 5.47. The molecule has 6 heteroatoms. The van der Waals surface area contributed by atoms with Gasteiger partial charge in [-0.1, -0.05) is 0 Å². The molecule has 0 aliphatic rings. The van der Waals surface area contributed by atoms with Gasteiger partial charge in [-0.2, -0.15) is 5.26 Å². The molecule has 1 rings (SSSR count). The van der Waals surface area contributed by atoms with Gasteiger partial charge in [0.05, 0.1) is 5.56 Å². The summed E-state index contributed by atoms with van der Waals surface area (Å²) >= 11 is 0. The lowest BCUT2D eigenvalue weighted by molar-refractivity contribution is 0.194. The summed E-state index contributed by atoms with van der Waals surface area (Å²) in [6, 6.07) is 5.55. The fourth-order valence-electron chi connectivity index (χ4n) is 1.24. The topological polar surface area (TPSA) is 98.0 Å². The number of carbonyl (C=O) groups is 1. The van der Waals surface area contributed by atoms with Gasteiger partial charge in [0.2, 0.25) is 0 Å². The highest BCUT2D eigenvalue weighted by Gasteiger charge is 1.96. The fraction of sp³-hybridized carbons (Fsp3) is 0.364. The van der Waals surface area contributed by atoms with Crippen LogP contribution in [0.2, 0.25) is 0 Å². The molecular weight excluding hydrogens is 220 g/mol. The van der Waals surface area contributed by atoms with E-state index in [4.69, 9.17) is 10.4 Å². The minimum absolute atomic E-state index is 0.385. The summed E-state index contributed by atoms with van der Waals surface area (Å²) in [7, 11) is 0. The molecule has 0 aliphatic carbocycles. The normalized spacial score (nSPS) is 9.59. The quantitative estimate of drug-likeness (QED) is 0.617. The first-order chi connectivity index (χ1) is 8.22. The molecule has 1 heterocycles. The second-order valence-electron chi connectivity index (χ2n) is 3.38. The van der Waals surface area contributed by atoms with Gasteiger partial charge >= 0.3 is 6.09 Å². The number of amides is 1. The molecule has 0 saturated carbocycles. The zero-order chi connectivity index (χ0) is 12.5. The van der Waals surface area contributed by atoms with E-state index >= 15 is 0 Å². The van der Waals surface area contributed by atoms with Crippen LogP contribution < -0.4 is 10.6 Å². The van der Waals surface area contributed by atoms with Gasteiger partial charge in [0, 0.05) is 37.9 Å². The Morgan fingerprint density at radius 3 is 2.82 bits per heavy atom. The Balaban J connectivity index is 2.14. The van der Waals surface area contributed by atoms with E-state index in [1.54, 1.807) is 12.3 Å². The molecule has 0 radical (unpaired) electrons. The standard InChI is InChI=1S/C11H14N4O2/c12-7-9-1-2-10(15-8-9)3-4-13-5-6-14-11(16)17/h1-2,8,13-14H,3-6H2,(H,16,17). The van der Waals surface area contributed by atoms with Crippen molar-refractivity contribution in [3.05, 3.63) is 29.6 Å². The first kappa shape index (κ1) is 12.9. The van der Waals surface area contributed by atoms with Crippen molar-refractivity contribution in [3.63, 3.8) is 0 Å². The summed E-state index contributed by atoms with van der Waals surface area (Å²) in [6.07, 6.45) is 1.28. The van der Waals surface area contributed by atoms with Crippen molar-refractivity contribution in [1.29, 1.82) is 5.26 Å². The van der Waals surface area contributed by atoms with Crippen molar-refractivity contribution in [2.75, 3.05) is 19.6 Å². The Morgan fingerprint density at radius 1 is 1.41 bits per heavy atom. The summed E-state index contributed by atoms with van der Waals surface area (Å²) in [5, 5.41) is 22.3. The molecule has 1 aromatic rings. The zero-order valence-corrected chi connectivity index (χ0v) is 9.31. The minimum Gasteiger partial charge on any atom is -0.465 e. The molecule has 90 valence electrons. The van der Waals surface area contributed by atoms with Crippen LogP contribution in [0, 0.1) is 11.3 Å². The van der Waals surface area contributed by atoms with Gasteiger partial charge in [-0.15, -0.1) is 0 Å². The molecule has 1 aromatic heterocycles.